The van der Waals surface area contributed by atoms with Gasteiger partial charge in [0.05, 0.1) is 0 Å². The predicted molar refractivity (Wildman–Crippen MR) is 122 cm³/mol. The van der Waals surface area contributed by atoms with E-state index in [9.17, 15) is 9.59 Å². The van der Waals surface area contributed by atoms with Crippen molar-refractivity contribution in [2.45, 2.75) is 95.7 Å². The lowest BCUT2D eigenvalue weighted by atomic mass is 9.83. The number of benzene rings is 1. The number of likely N-dealkylation sites (tertiary alicyclic amines) is 1. The van der Waals surface area contributed by atoms with Crippen molar-refractivity contribution in [1.29, 1.82) is 0 Å². The molecule has 2 saturated carbocycles. The molecule has 3 aliphatic rings. The van der Waals surface area contributed by atoms with E-state index in [2.05, 4.69) is 10.2 Å². The predicted octanol–water partition coefficient (Wildman–Crippen LogP) is 4.31. The van der Waals surface area contributed by atoms with Crippen LogP contribution in [0.4, 0.5) is 9.59 Å². The molecule has 0 radical (unpaired) electrons. The first-order valence-electron chi connectivity index (χ1n) is 12.0. The molecule has 2 aliphatic carbocycles. The first kappa shape index (κ1) is 22.9. The van der Waals surface area contributed by atoms with Gasteiger partial charge in [-0.15, -0.1) is 0 Å². The summed E-state index contributed by atoms with van der Waals surface area (Å²) in [7, 11) is 0. The van der Waals surface area contributed by atoms with Gasteiger partial charge in [0.2, 0.25) is 0 Å². The molecule has 0 unspecified atom stereocenters. The number of nitrogens with one attached hydrogen (secondary N) is 1. The van der Waals surface area contributed by atoms with E-state index in [-0.39, 0.29) is 18.2 Å². The Morgan fingerprint density at radius 2 is 1.62 bits per heavy atom. The molecule has 0 atom stereocenters. The smallest absolute Gasteiger partial charge is 0.410 e. The average molecular weight is 444 g/mol. The lowest BCUT2D eigenvalue weighted by molar-refractivity contribution is -0.00169. The number of rotatable bonds is 6. The van der Waals surface area contributed by atoms with E-state index in [4.69, 9.17) is 9.47 Å². The van der Waals surface area contributed by atoms with E-state index >= 15 is 0 Å². The Morgan fingerprint density at radius 1 is 1.00 bits per heavy atom. The molecule has 4 rings (SSSR count). The van der Waals surface area contributed by atoms with E-state index < -0.39 is 5.60 Å². The third-order valence-electron chi connectivity index (χ3n) is 6.58. The van der Waals surface area contributed by atoms with E-state index in [1.807, 2.05) is 56.0 Å². The highest BCUT2D eigenvalue weighted by Crippen LogP contribution is 2.39. The maximum Gasteiger partial charge on any atom is 0.410 e. The van der Waals surface area contributed by atoms with E-state index in [0.717, 1.165) is 44.3 Å². The van der Waals surface area contributed by atoms with Crippen molar-refractivity contribution in [3.8, 4) is 0 Å². The number of amides is 2. The molecule has 1 aliphatic heterocycles. The normalized spacial score (nSPS) is 24.1. The van der Waals surface area contributed by atoms with Crippen LogP contribution in [0.3, 0.4) is 0 Å². The summed E-state index contributed by atoms with van der Waals surface area (Å²) >= 11 is 0. The summed E-state index contributed by atoms with van der Waals surface area (Å²) in [6.07, 6.45) is 5.93. The molecule has 1 aromatic rings. The van der Waals surface area contributed by atoms with Crippen molar-refractivity contribution in [2.75, 3.05) is 13.1 Å². The summed E-state index contributed by atoms with van der Waals surface area (Å²) < 4.78 is 10.9. The Morgan fingerprint density at radius 3 is 2.22 bits per heavy atom. The van der Waals surface area contributed by atoms with Crippen LogP contribution in [0, 0.1) is 0 Å². The number of ether oxygens (including phenoxy) is 2. The van der Waals surface area contributed by atoms with Crippen LogP contribution in [0.5, 0.6) is 0 Å². The van der Waals surface area contributed by atoms with Gasteiger partial charge in [0.15, 0.2) is 0 Å². The van der Waals surface area contributed by atoms with Crippen molar-refractivity contribution in [3.05, 3.63) is 35.9 Å². The highest BCUT2D eigenvalue weighted by molar-refractivity contribution is 5.68. The van der Waals surface area contributed by atoms with Crippen molar-refractivity contribution in [3.63, 3.8) is 0 Å². The minimum atomic E-state index is -0.454. The van der Waals surface area contributed by atoms with Gasteiger partial charge in [-0.3, -0.25) is 4.90 Å². The summed E-state index contributed by atoms with van der Waals surface area (Å²) in [4.78, 5) is 29.1. The number of piperidine rings is 1. The van der Waals surface area contributed by atoms with Gasteiger partial charge in [-0.05, 0) is 64.9 Å². The lowest BCUT2D eigenvalue weighted by Crippen LogP contribution is -2.59. The highest BCUT2D eigenvalue weighted by atomic mass is 16.6. The van der Waals surface area contributed by atoms with E-state index in [0.29, 0.717) is 24.7 Å². The second-order valence-electron chi connectivity index (χ2n) is 10.4. The molecule has 176 valence electrons. The molecule has 1 saturated heterocycles. The molecule has 1 aromatic carbocycles. The quantitative estimate of drug-likeness (QED) is 0.710. The summed E-state index contributed by atoms with van der Waals surface area (Å²) in [5.74, 6) is 0. The van der Waals surface area contributed by atoms with Crippen LogP contribution in [0.1, 0.15) is 64.9 Å². The second-order valence-corrected chi connectivity index (χ2v) is 10.4. The van der Waals surface area contributed by atoms with Gasteiger partial charge in [0, 0.05) is 37.3 Å². The van der Waals surface area contributed by atoms with Crippen molar-refractivity contribution in [1.82, 2.24) is 15.1 Å². The van der Waals surface area contributed by atoms with Gasteiger partial charge in [-0.2, -0.15) is 0 Å². The third-order valence-corrected chi connectivity index (χ3v) is 6.58. The molecule has 2 amide bonds. The molecule has 0 aromatic heterocycles. The summed E-state index contributed by atoms with van der Waals surface area (Å²) in [6, 6.07) is 11.6. The Kier molecular flexibility index (Phi) is 6.93. The topological polar surface area (TPSA) is 71.1 Å². The van der Waals surface area contributed by atoms with Crippen LogP contribution < -0.4 is 5.32 Å². The van der Waals surface area contributed by atoms with E-state index in [1.54, 1.807) is 0 Å². The van der Waals surface area contributed by atoms with Crippen LogP contribution in [0.15, 0.2) is 30.3 Å². The number of hydrogen-bond acceptors (Lipinski definition) is 5. The monoisotopic (exact) mass is 443 g/mol. The average Bonchev–Trinajstić information content (AvgIpc) is 3.56. The number of alkyl carbamates (subject to hydrolysis) is 1. The van der Waals surface area contributed by atoms with Gasteiger partial charge in [-0.1, -0.05) is 30.3 Å². The zero-order valence-electron chi connectivity index (χ0n) is 19.6. The molecule has 3 fully saturated rings. The largest absolute Gasteiger partial charge is 0.445 e. The molecular weight excluding hydrogens is 406 g/mol. The SMILES string of the molecule is CC(C)(C)OC(=O)N1CCC(N(C2CC2)C2CC(NC(=O)OCc3ccccc3)C2)CC1. The molecule has 32 heavy (non-hydrogen) atoms. The standard InChI is InChI=1S/C25H37N3O4/c1-25(2,3)32-24(30)27-13-11-21(12-14-27)28(20-9-10-20)22-15-19(16-22)26-23(29)31-17-18-7-5-4-6-8-18/h4-8,19-22H,9-17H2,1-3H3,(H,26,29). The summed E-state index contributed by atoms with van der Waals surface area (Å²) in [6.45, 7) is 7.53. The van der Waals surface area contributed by atoms with Crippen LogP contribution >= 0.6 is 0 Å². The van der Waals surface area contributed by atoms with Crippen molar-refractivity contribution < 1.29 is 19.1 Å². The second kappa shape index (κ2) is 9.69. The summed E-state index contributed by atoms with van der Waals surface area (Å²) in [5.41, 5.74) is 0.538. The fourth-order valence-electron chi connectivity index (χ4n) is 4.82. The first-order valence-corrected chi connectivity index (χ1v) is 12.0. The molecule has 7 heteroatoms. The minimum absolute atomic E-state index is 0.186. The molecule has 7 nitrogen and oxygen atoms in total. The van der Waals surface area contributed by atoms with Crippen LogP contribution in [0.25, 0.3) is 0 Å². The van der Waals surface area contributed by atoms with Crippen molar-refractivity contribution in [2.24, 2.45) is 0 Å². The van der Waals surface area contributed by atoms with Gasteiger partial charge in [-0.25, -0.2) is 9.59 Å². The Balaban J connectivity index is 1.20. The number of nitrogens with zero attached hydrogens (tertiary/aromatic N) is 2. The van der Waals surface area contributed by atoms with Gasteiger partial charge >= 0.3 is 12.2 Å². The van der Waals surface area contributed by atoms with Gasteiger partial charge in [0.1, 0.15) is 12.2 Å². The molecular formula is C25H37N3O4. The van der Waals surface area contributed by atoms with Crippen molar-refractivity contribution >= 4 is 12.2 Å². The zero-order chi connectivity index (χ0) is 22.7. The van der Waals surface area contributed by atoms with Crippen LogP contribution in [-0.4, -0.2) is 64.8 Å². The minimum Gasteiger partial charge on any atom is -0.445 e. The molecule has 0 spiro atoms. The Labute approximate surface area is 191 Å². The Hall–Kier alpha value is -2.28. The number of hydrogen-bond donors (Lipinski definition) is 1. The number of carbonyl (C=O) groups is 2. The summed E-state index contributed by atoms with van der Waals surface area (Å²) in [5, 5.41) is 3.02. The Bertz CT molecular complexity index is 776. The maximum atomic E-state index is 12.4. The van der Waals surface area contributed by atoms with Crippen LogP contribution in [-0.2, 0) is 16.1 Å². The van der Waals surface area contributed by atoms with E-state index in [1.165, 1.54) is 12.8 Å². The fraction of sp³-hybridized carbons (Fsp3) is 0.680. The highest BCUT2D eigenvalue weighted by Gasteiger charge is 2.45. The lowest BCUT2D eigenvalue weighted by Gasteiger charge is -2.48. The maximum absolute atomic E-state index is 12.4. The van der Waals surface area contributed by atoms with Gasteiger partial charge < -0.3 is 19.7 Å². The molecule has 1 heterocycles. The fourth-order valence-corrected chi connectivity index (χ4v) is 4.82. The molecule has 0 bridgehead atoms. The van der Waals surface area contributed by atoms with Gasteiger partial charge in [0.25, 0.3) is 0 Å². The third kappa shape index (κ3) is 6.15. The zero-order valence-corrected chi connectivity index (χ0v) is 19.6. The first-order chi connectivity index (χ1) is 15.3. The number of carbonyl (C=O) groups excluding carboxylic acids is 2. The molecule has 1 N–H and O–H groups in total. The van der Waals surface area contributed by atoms with Crippen LogP contribution in [0.2, 0.25) is 0 Å².